The number of hydrogen-bond acceptors (Lipinski definition) is 2. The van der Waals surface area contributed by atoms with Gasteiger partial charge in [0.15, 0.2) is 0 Å². The molecule has 1 aliphatic rings. The van der Waals surface area contributed by atoms with Crippen molar-refractivity contribution in [1.29, 1.82) is 0 Å². The zero-order valence-electron chi connectivity index (χ0n) is 7.32. The van der Waals surface area contributed by atoms with Crippen LogP contribution in [0.15, 0.2) is 24.2 Å². The summed E-state index contributed by atoms with van der Waals surface area (Å²) in [5.74, 6) is 2.06. The van der Waals surface area contributed by atoms with Gasteiger partial charge in [-0.3, -0.25) is 4.79 Å². The molecule has 3 heteroatoms. The molecule has 0 saturated carbocycles. The molecule has 0 aromatic carbocycles. The van der Waals surface area contributed by atoms with E-state index in [-0.39, 0.29) is 0 Å². The molecule has 1 atom stereocenters. The Hall–Kier alpha value is -0.985. The fourth-order valence-corrected chi connectivity index (χ4v) is 1.51. The Morgan fingerprint density at radius 2 is 2.50 bits per heavy atom. The fourth-order valence-electron chi connectivity index (χ4n) is 1.51. The van der Waals surface area contributed by atoms with Crippen LogP contribution in [0.3, 0.4) is 0 Å². The molecule has 2 nitrogen and oxygen atoms in total. The van der Waals surface area contributed by atoms with E-state index in [0.29, 0.717) is 6.47 Å². The van der Waals surface area contributed by atoms with Gasteiger partial charge >= 0.3 is 0 Å². The number of allylic oxidation sites excluding steroid dienone is 1. The van der Waals surface area contributed by atoms with E-state index in [0.717, 1.165) is 20.0 Å². The number of rotatable bonds is 3. The Kier molecular flexibility index (Phi) is 3.14. The molecule has 12 heavy (non-hydrogen) atoms. The first-order valence-electron chi connectivity index (χ1n) is 4.26. The van der Waals surface area contributed by atoms with Gasteiger partial charge in [-0.1, -0.05) is 18.5 Å². The number of carbonyl (C=O) groups is 1. The highest BCUT2D eigenvalue weighted by Crippen LogP contribution is 2.24. The minimum absolute atomic E-state index is 0.450. The minimum atomic E-state index is -0.450. The van der Waals surface area contributed by atoms with Gasteiger partial charge in [0.1, 0.15) is 12.9 Å². The highest BCUT2D eigenvalue weighted by Gasteiger charge is 2.26. The van der Waals surface area contributed by atoms with Crippen molar-refractivity contribution in [2.45, 2.75) is 25.3 Å². The molecule has 0 radical (unpaired) electrons. The van der Waals surface area contributed by atoms with E-state index in [2.05, 4.69) is 5.98 Å². The molecular weight excluding hydrogens is 151 g/mol. The molecule has 1 rings (SSSR count). The highest BCUT2D eigenvalue weighted by molar-refractivity contribution is 6.42. The first-order chi connectivity index (χ1) is 5.83. The SMILES string of the molecule is CC=CC1(OC=O)C=CBCC1. The van der Waals surface area contributed by atoms with Crippen LogP contribution in [-0.4, -0.2) is 19.4 Å². The average molecular weight is 164 g/mol. The third-order valence-electron chi connectivity index (χ3n) is 2.05. The van der Waals surface area contributed by atoms with Gasteiger partial charge in [0, 0.05) is 0 Å². The zero-order chi connectivity index (χ0) is 8.86. The van der Waals surface area contributed by atoms with Gasteiger partial charge in [0.25, 0.3) is 6.47 Å². The maximum atomic E-state index is 10.3. The molecule has 0 saturated heterocycles. The monoisotopic (exact) mass is 164 g/mol. The van der Waals surface area contributed by atoms with Crippen molar-refractivity contribution < 1.29 is 9.53 Å². The summed E-state index contributed by atoms with van der Waals surface area (Å²) in [6, 6.07) is 0. The van der Waals surface area contributed by atoms with Gasteiger partial charge < -0.3 is 4.74 Å². The van der Waals surface area contributed by atoms with E-state index in [4.69, 9.17) is 4.74 Å². The maximum absolute atomic E-state index is 10.3. The Balaban J connectivity index is 2.76. The summed E-state index contributed by atoms with van der Waals surface area (Å²) in [4.78, 5) is 10.3. The Morgan fingerprint density at radius 3 is 3.00 bits per heavy atom. The van der Waals surface area contributed by atoms with Crippen LogP contribution in [0, 0.1) is 0 Å². The van der Waals surface area contributed by atoms with Gasteiger partial charge in [-0.15, -0.1) is 5.98 Å². The zero-order valence-corrected chi connectivity index (χ0v) is 7.32. The number of carbonyl (C=O) groups excluding carboxylic acids is 1. The molecule has 0 aliphatic carbocycles. The molecular formula is C9H13BO2. The average Bonchev–Trinajstić information content (AvgIpc) is 2.07. The van der Waals surface area contributed by atoms with Crippen LogP contribution in [0.1, 0.15) is 13.3 Å². The van der Waals surface area contributed by atoms with Crippen molar-refractivity contribution in [3.05, 3.63) is 24.2 Å². The van der Waals surface area contributed by atoms with E-state index < -0.39 is 5.60 Å². The Labute approximate surface area is 73.5 Å². The first kappa shape index (κ1) is 9.11. The molecule has 0 spiro atoms. The second-order valence-corrected chi connectivity index (χ2v) is 2.96. The van der Waals surface area contributed by atoms with E-state index in [1.807, 2.05) is 25.2 Å². The molecule has 0 N–H and O–H groups in total. The van der Waals surface area contributed by atoms with Crippen LogP contribution in [0.2, 0.25) is 6.32 Å². The van der Waals surface area contributed by atoms with Crippen LogP contribution in [-0.2, 0) is 9.53 Å². The van der Waals surface area contributed by atoms with Crippen LogP contribution in [0.4, 0.5) is 0 Å². The number of hydrogen-bond donors (Lipinski definition) is 0. The molecule has 64 valence electrons. The molecule has 0 bridgehead atoms. The van der Waals surface area contributed by atoms with Crippen molar-refractivity contribution in [3.8, 4) is 0 Å². The van der Waals surface area contributed by atoms with Gasteiger partial charge in [0.05, 0.1) is 0 Å². The summed E-state index contributed by atoms with van der Waals surface area (Å²) in [5.41, 5.74) is -0.450. The molecule has 0 fully saturated rings. The maximum Gasteiger partial charge on any atom is 0.294 e. The molecule has 0 aromatic rings. The van der Waals surface area contributed by atoms with Crippen molar-refractivity contribution in [2.75, 3.05) is 0 Å². The van der Waals surface area contributed by atoms with E-state index in [9.17, 15) is 4.79 Å². The van der Waals surface area contributed by atoms with Crippen LogP contribution >= 0.6 is 0 Å². The first-order valence-corrected chi connectivity index (χ1v) is 4.26. The highest BCUT2D eigenvalue weighted by atomic mass is 16.5. The summed E-state index contributed by atoms with van der Waals surface area (Å²) in [6.07, 6.45) is 7.78. The lowest BCUT2D eigenvalue weighted by Crippen LogP contribution is -2.30. The topological polar surface area (TPSA) is 26.3 Å². The second kappa shape index (κ2) is 4.14. The minimum Gasteiger partial charge on any atom is -0.453 e. The van der Waals surface area contributed by atoms with Crippen LogP contribution in [0.25, 0.3) is 0 Å². The Bertz CT molecular complexity index is 211. The van der Waals surface area contributed by atoms with Gasteiger partial charge in [-0.2, -0.15) is 0 Å². The van der Waals surface area contributed by atoms with Gasteiger partial charge in [-0.05, 0) is 19.4 Å². The standard InChI is InChI=1S/C9H13BO2/c1-2-3-9(12-8-11)4-6-10-7-5-9/h2-4,6,8,10H,5,7H2,1H3. The van der Waals surface area contributed by atoms with E-state index >= 15 is 0 Å². The smallest absolute Gasteiger partial charge is 0.294 e. The predicted molar refractivity (Wildman–Crippen MR) is 50.4 cm³/mol. The predicted octanol–water partition coefficient (Wildman–Crippen LogP) is 1.25. The fraction of sp³-hybridized carbons (Fsp3) is 0.444. The largest absolute Gasteiger partial charge is 0.453 e. The quantitative estimate of drug-likeness (QED) is 0.356. The van der Waals surface area contributed by atoms with Crippen molar-refractivity contribution in [3.63, 3.8) is 0 Å². The summed E-state index contributed by atoms with van der Waals surface area (Å²) < 4.78 is 5.06. The summed E-state index contributed by atoms with van der Waals surface area (Å²) in [6.45, 7) is 2.45. The van der Waals surface area contributed by atoms with Gasteiger partial charge in [-0.25, -0.2) is 0 Å². The van der Waals surface area contributed by atoms with E-state index in [1.54, 1.807) is 0 Å². The van der Waals surface area contributed by atoms with E-state index in [1.165, 1.54) is 0 Å². The lowest BCUT2D eigenvalue weighted by molar-refractivity contribution is -0.136. The Morgan fingerprint density at radius 1 is 1.67 bits per heavy atom. The van der Waals surface area contributed by atoms with Crippen LogP contribution in [0.5, 0.6) is 0 Å². The number of ether oxygens (including phenoxy) is 1. The van der Waals surface area contributed by atoms with Crippen LogP contribution < -0.4 is 0 Å². The molecule has 1 heterocycles. The lowest BCUT2D eigenvalue weighted by atomic mass is 9.65. The third kappa shape index (κ3) is 2.00. The third-order valence-corrected chi connectivity index (χ3v) is 2.05. The second-order valence-electron chi connectivity index (χ2n) is 2.96. The normalized spacial score (nSPS) is 28.4. The molecule has 1 unspecified atom stereocenters. The van der Waals surface area contributed by atoms with Crippen molar-refractivity contribution in [1.82, 2.24) is 0 Å². The summed E-state index contributed by atoms with van der Waals surface area (Å²) in [7, 11) is 1.08. The lowest BCUT2D eigenvalue weighted by Gasteiger charge is -2.27. The molecule has 0 aromatic heterocycles. The molecule has 1 aliphatic heterocycles. The summed E-state index contributed by atoms with van der Waals surface area (Å²) >= 11 is 0. The van der Waals surface area contributed by atoms with Gasteiger partial charge in [0.2, 0.25) is 0 Å². The summed E-state index contributed by atoms with van der Waals surface area (Å²) in [5, 5.41) is 0. The van der Waals surface area contributed by atoms with Crippen molar-refractivity contribution >= 4 is 13.8 Å². The van der Waals surface area contributed by atoms with Crippen molar-refractivity contribution in [2.24, 2.45) is 0 Å². The molecule has 0 amide bonds.